The Morgan fingerprint density at radius 2 is 2.06 bits per heavy atom. The van der Waals surface area contributed by atoms with Gasteiger partial charge in [0.1, 0.15) is 22.9 Å². The Bertz CT molecular complexity index is 1060. The molecule has 2 heterocycles. The molecule has 0 unspecified atom stereocenters. The van der Waals surface area contributed by atoms with Crippen LogP contribution in [0.15, 0.2) is 44.5 Å². The maximum Gasteiger partial charge on any atom is 0.257 e. The fraction of sp³-hybridized carbons (Fsp3) is 0.348. The average molecular weight is 520 g/mol. The minimum Gasteiger partial charge on any atom is -0.505 e. The van der Waals surface area contributed by atoms with Gasteiger partial charge < -0.3 is 30.2 Å². The van der Waals surface area contributed by atoms with E-state index < -0.39 is 12.0 Å². The number of phenolic OH excluding ortho intramolecular Hbond substituents is 1. The molecule has 0 aliphatic carbocycles. The molecule has 33 heavy (non-hydrogen) atoms. The van der Waals surface area contributed by atoms with Gasteiger partial charge in [0.05, 0.1) is 27.9 Å². The van der Waals surface area contributed by atoms with Crippen LogP contribution in [-0.2, 0) is 9.59 Å². The van der Waals surface area contributed by atoms with Gasteiger partial charge in [-0.2, -0.15) is 0 Å². The normalized spacial score (nSPS) is 17.3. The predicted octanol–water partition coefficient (Wildman–Crippen LogP) is 3.03. The van der Waals surface area contributed by atoms with Gasteiger partial charge in [-0.3, -0.25) is 14.4 Å². The number of nitrogens with zero attached hydrogens (tertiary/aromatic N) is 1. The Hall–Kier alpha value is -3.11. The first-order valence-corrected chi connectivity index (χ1v) is 11.3. The van der Waals surface area contributed by atoms with Gasteiger partial charge in [-0.25, -0.2) is 0 Å². The quantitative estimate of drug-likeness (QED) is 0.226. The monoisotopic (exact) mass is 519 g/mol. The van der Waals surface area contributed by atoms with Crippen LogP contribution < -0.4 is 10.6 Å². The van der Waals surface area contributed by atoms with Crippen molar-refractivity contribution in [2.75, 3.05) is 18.4 Å². The van der Waals surface area contributed by atoms with Crippen molar-refractivity contribution in [1.29, 1.82) is 0 Å². The number of nitrogens with one attached hydrogen (secondary N) is 2. The van der Waals surface area contributed by atoms with Crippen LogP contribution in [0.2, 0.25) is 0 Å². The molecule has 9 nitrogen and oxygen atoms in total. The van der Waals surface area contributed by atoms with E-state index in [4.69, 9.17) is 4.42 Å². The van der Waals surface area contributed by atoms with Crippen molar-refractivity contribution in [2.24, 2.45) is 0 Å². The van der Waals surface area contributed by atoms with Crippen molar-refractivity contribution in [3.05, 3.63) is 57.2 Å². The van der Waals surface area contributed by atoms with E-state index in [2.05, 4.69) is 26.6 Å². The SMILES string of the molecule is CC[C@@H](N/C(C=O)=C(/C=O)Nc1cccc(C(=O)N2CC[C@@H](O)C2)c1O)c1cc(Br)c(C)o1. The van der Waals surface area contributed by atoms with Gasteiger partial charge >= 0.3 is 0 Å². The van der Waals surface area contributed by atoms with E-state index in [9.17, 15) is 24.6 Å². The number of amides is 1. The number of allylic oxidation sites excluding steroid dienone is 2. The maximum atomic E-state index is 12.7. The minimum absolute atomic E-state index is 0.0270. The molecule has 10 heteroatoms. The maximum absolute atomic E-state index is 12.7. The summed E-state index contributed by atoms with van der Waals surface area (Å²) in [5.41, 5.74) is -0.0149. The Kier molecular flexibility index (Phi) is 7.93. The first-order chi connectivity index (χ1) is 15.8. The molecule has 2 atom stereocenters. The number of aliphatic hydroxyl groups is 1. The summed E-state index contributed by atoms with van der Waals surface area (Å²) < 4.78 is 6.50. The summed E-state index contributed by atoms with van der Waals surface area (Å²) in [5.74, 6) is 0.497. The molecule has 176 valence electrons. The number of carbonyl (C=O) groups is 3. The van der Waals surface area contributed by atoms with Gasteiger partial charge in [0.15, 0.2) is 18.3 Å². The number of aldehydes is 2. The van der Waals surface area contributed by atoms with Gasteiger partial charge in [-0.15, -0.1) is 0 Å². The standard InChI is InChI=1S/C23H26BrN3O6/c1-3-17(21-9-16(24)13(2)33-21)25-19(11-28)20(12-29)26-18-6-4-5-15(22(18)31)23(32)27-8-7-14(30)10-27/h4-6,9,11-12,14,17,25-26,30-31H,3,7-8,10H2,1-2H3/b20-19-/t14-,17-/m1/s1. The number of benzene rings is 1. The lowest BCUT2D eigenvalue weighted by Crippen LogP contribution is -2.29. The Balaban J connectivity index is 1.86. The van der Waals surface area contributed by atoms with Crippen LogP contribution in [0.3, 0.4) is 0 Å². The highest BCUT2D eigenvalue weighted by atomic mass is 79.9. The summed E-state index contributed by atoms with van der Waals surface area (Å²) in [6, 6.07) is 5.91. The van der Waals surface area contributed by atoms with Gasteiger partial charge in [-0.05, 0) is 53.9 Å². The second-order valence-electron chi connectivity index (χ2n) is 7.74. The molecule has 1 aliphatic heterocycles. The number of aliphatic hydroxyl groups excluding tert-OH is 1. The molecule has 2 aromatic rings. The number of phenols is 1. The summed E-state index contributed by atoms with van der Waals surface area (Å²) in [4.78, 5) is 37.8. The van der Waals surface area contributed by atoms with Gasteiger partial charge in [0, 0.05) is 13.1 Å². The molecule has 1 aromatic heterocycles. The molecule has 1 saturated heterocycles. The zero-order chi connectivity index (χ0) is 24.1. The molecular weight excluding hydrogens is 494 g/mol. The average Bonchev–Trinajstić information content (AvgIpc) is 3.39. The van der Waals surface area contributed by atoms with E-state index in [-0.39, 0.29) is 41.0 Å². The van der Waals surface area contributed by atoms with E-state index in [1.807, 2.05) is 6.92 Å². The number of β-amino-alcohol motifs (C(OH)–C–C–N with tert-alkyl or cyclic N) is 1. The van der Waals surface area contributed by atoms with Crippen LogP contribution in [0, 0.1) is 6.92 Å². The molecule has 0 spiro atoms. The number of hydrogen-bond donors (Lipinski definition) is 4. The molecule has 0 radical (unpaired) electrons. The van der Waals surface area contributed by atoms with Crippen molar-refractivity contribution < 1.29 is 29.0 Å². The second-order valence-corrected chi connectivity index (χ2v) is 8.60. The summed E-state index contributed by atoms with van der Waals surface area (Å²) in [6.07, 6.45) is 1.41. The summed E-state index contributed by atoms with van der Waals surface area (Å²) in [5, 5.41) is 26.1. The van der Waals surface area contributed by atoms with Gasteiger partial charge in [0.2, 0.25) is 0 Å². The van der Waals surface area contributed by atoms with Crippen molar-refractivity contribution in [2.45, 2.75) is 38.8 Å². The zero-order valence-corrected chi connectivity index (χ0v) is 19.9. The lowest BCUT2D eigenvalue weighted by Gasteiger charge is -2.19. The third-order valence-corrected chi connectivity index (χ3v) is 6.26. The number of rotatable bonds is 9. The minimum atomic E-state index is -0.590. The van der Waals surface area contributed by atoms with Gasteiger partial charge in [0.25, 0.3) is 5.91 Å². The number of furan rings is 1. The van der Waals surface area contributed by atoms with E-state index in [0.717, 1.165) is 4.47 Å². The van der Waals surface area contributed by atoms with E-state index in [1.165, 1.54) is 17.0 Å². The van der Waals surface area contributed by atoms with Crippen LogP contribution in [0.1, 0.15) is 47.7 Å². The fourth-order valence-corrected chi connectivity index (χ4v) is 3.92. The highest BCUT2D eigenvalue weighted by Crippen LogP contribution is 2.31. The number of hydrogen-bond acceptors (Lipinski definition) is 8. The lowest BCUT2D eigenvalue weighted by molar-refractivity contribution is -0.107. The van der Waals surface area contributed by atoms with Crippen molar-refractivity contribution in [1.82, 2.24) is 10.2 Å². The van der Waals surface area contributed by atoms with Crippen molar-refractivity contribution >= 4 is 40.1 Å². The molecule has 1 fully saturated rings. The number of aromatic hydroxyl groups is 1. The topological polar surface area (TPSA) is 132 Å². The Morgan fingerprint density at radius 1 is 1.33 bits per heavy atom. The smallest absolute Gasteiger partial charge is 0.257 e. The van der Waals surface area contributed by atoms with E-state index in [0.29, 0.717) is 43.5 Å². The highest BCUT2D eigenvalue weighted by molar-refractivity contribution is 9.10. The van der Waals surface area contributed by atoms with E-state index in [1.54, 1.807) is 19.1 Å². The molecule has 3 rings (SSSR count). The molecule has 4 N–H and O–H groups in total. The van der Waals surface area contributed by atoms with Crippen LogP contribution in [0.5, 0.6) is 5.75 Å². The molecule has 1 amide bonds. The third kappa shape index (κ3) is 5.45. The van der Waals surface area contributed by atoms with Crippen LogP contribution >= 0.6 is 15.9 Å². The highest BCUT2D eigenvalue weighted by Gasteiger charge is 2.28. The summed E-state index contributed by atoms with van der Waals surface area (Å²) in [7, 11) is 0. The molecular formula is C23H26BrN3O6. The molecule has 0 saturated carbocycles. The molecule has 1 aliphatic rings. The largest absolute Gasteiger partial charge is 0.505 e. The van der Waals surface area contributed by atoms with Gasteiger partial charge in [-0.1, -0.05) is 13.0 Å². The number of aryl methyl sites for hydroxylation is 1. The van der Waals surface area contributed by atoms with Crippen LogP contribution in [0.4, 0.5) is 5.69 Å². The summed E-state index contributed by atoms with van der Waals surface area (Å²) >= 11 is 3.39. The fourth-order valence-electron chi connectivity index (χ4n) is 3.61. The lowest BCUT2D eigenvalue weighted by atomic mass is 10.1. The first kappa shape index (κ1) is 24.5. The molecule has 0 bridgehead atoms. The zero-order valence-electron chi connectivity index (χ0n) is 18.3. The number of likely N-dealkylation sites (tertiary alicyclic amines) is 1. The second kappa shape index (κ2) is 10.7. The first-order valence-electron chi connectivity index (χ1n) is 10.5. The van der Waals surface area contributed by atoms with Crippen LogP contribution in [-0.4, -0.2) is 52.8 Å². The number of carbonyl (C=O) groups excluding carboxylic acids is 3. The van der Waals surface area contributed by atoms with Crippen molar-refractivity contribution in [3.63, 3.8) is 0 Å². The third-order valence-electron chi connectivity index (χ3n) is 5.47. The Labute approximate surface area is 199 Å². The van der Waals surface area contributed by atoms with Crippen molar-refractivity contribution in [3.8, 4) is 5.75 Å². The summed E-state index contributed by atoms with van der Waals surface area (Å²) in [6.45, 7) is 4.27. The molecule has 1 aromatic carbocycles. The van der Waals surface area contributed by atoms with E-state index >= 15 is 0 Å². The number of para-hydroxylation sites is 1. The Morgan fingerprint density at radius 3 is 2.61 bits per heavy atom. The predicted molar refractivity (Wildman–Crippen MR) is 125 cm³/mol. The van der Waals surface area contributed by atoms with Crippen LogP contribution in [0.25, 0.3) is 0 Å². The number of halogens is 1. The number of anilines is 1.